The number of aryl methyl sites for hydroxylation is 1. The van der Waals surface area contributed by atoms with Gasteiger partial charge in [-0.05, 0) is 36.4 Å². The summed E-state index contributed by atoms with van der Waals surface area (Å²) in [7, 11) is 0. The molecule has 0 bridgehead atoms. The van der Waals surface area contributed by atoms with Crippen LogP contribution in [0.25, 0.3) is 11.5 Å². The van der Waals surface area contributed by atoms with E-state index in [9.17, 15) is 4.79 Å². The van der Waals surface area contributed by atoms with Crippen LogP contribution in [0, 0.1) is 0 Å². The summed E-state index contributed by atoms with van der Waals surface area (Å²) in [5, 5.41) is 15.3. The van der Waals surface area contributed by atoms with Gasteiger partial charge in [0.15, 0.2) is 5.82 Å². The van der Waals surface area contributed by atoms with Crippen molar-refractivity contribution in [1.29, 1.82) is 0 Å². The molecule has 0 aliphatic carbocycles. The molecule has 4 rings (SSSR count). The van der Waals surface area contributed by atoms with Crippen molar-refractivity contribution < 1.29 is 13.7 Å². The van der Waals surface area contributed by atoms with E-state index in [0.717, 1.165) is 15.7 Å². The number of carbonyl (C=O) groups is 1. The Morgan fingerprint density at radius 3 is 2.67 bits per heavy atom. The zero-order chi connectivity index (χ0) is 20.8. The van der Waals surface area contributed by atoms with E-state index in [1.54, 1.807) is 0 Å². The normalized spacial score (nSPS) is 10.8. The van der Waals surface area contributed by atoms with Crippen molar-refractivity contribution >= 4 is 39.3 Å². The lowest BCUT2D eigenvalue weighted by molar-refractivity contribution is -0.116. The van der Waals surface area contributed by atoms with Gasteiger partial charge in [-0.1, -0.05) is 51.0 Å². The third kappa shape index (κ3) is 5.55. The molecule has 0 aliphatic rings. The average Bonchev–Trinajstić information content (AvgIpc) is 3.43. The van der Waals surface area contributed by atoms with E-state index in [2.05, 4.69) is 41.6 Å². The lowest BCUT2D eigenvalue weighted by Gasteiger charge is -2.03. The standard InChI is InChI=1S/C20H16BrN5O3S/c21-14-6-8-15(9-7-14)22-17(27)10-11-18-23-16(26-29-18)12-30-20-25-24-19(28-20)13-4-2-1-3-5-13/h1-9H,10-12H2,(H,22,27). The van der Waals surface area contributed by atoms with Crippen LogP contribution in [0.15, 0.2) is 73.2 Å². The van der Waals surface area contributed by atoms with Crippen LogP contribution in [0.2, 0.25) is 0 Å². The maximum atomic E-state index is 12.1. The Morgan fingerprint density at radius 1 is 1.07 bits per heavy atom. The van der Waals surface area contributed by atoms with Crippen LogP contribution in [-0.2, 0) is 17.0 Å². The SMILES string of the molecule is O=C(CCc1nc(CSc2nnc(-c3ccccc3)o2)no1)Nc1ccc(Br)cc1. The number of aromatic nitrogens is 4. The first-order chi connectivity index (χ1) is 14.7. The first-order valence-corrected chi connectivity index (χ1v) is 10.8. The molecule has 0 saturated carbocycles. The predicted molar refractivity (Wildman–Crippen MR) is 115 cm³/mol. The molecule has 0 unspecified atom stereocenters. The number of halogens is 1. The maximum Gasteiger partial charge on any atom is 0.277 e. The molecule has 152 valence electrons. The molecule has 0 radical (unpaired) electrons. The Labute approximate surface area is 184 Å². The number of amides is 1. The Balaban J connectivity index is 1.25. The Bertz CT molecular complexity index is 1110. The summed E-state index contributed by atoms with van der Waals surface area (Å²) < 4.78 is 11.8. The number of hydrogen-bond acceptors (Lipinski definition) is 8. The highest BCUT2D eigenvalue weighted by Crippen LogP contribution is 2.25. The number of hydrogen-bond donors (Lipinski definition) is 1. The summed E-state index contributed by atoms with van der Waals surface area (Å²) in [5.41, 5.74) is 1.60. The highest BCUT2D eigenvalue weighted by Gasteiger charge is 2.13. The van der Waals surface area contributed by atoms with E-state index >= 15 is 0 Å². The summed E-state index contributed by atoms with van der Waals surface area (Å²) in [6.45, 7) is 0. The van der Waals surface area contributed by atoms with Crippen molar-refractivity contribution in [3.63, 3.8) is 0 Å². The summed E-state index contributed by atoms with van der Waals surface area (Å²) >= 11 is 4.68. The molecule has 4 aromatic rings. The minimum atomic E-state index is -0.120. The minimum absolute atomic E-state index is 0.120. The molecule has 2 aromatic heterocycles. The third-order valence-corrected chi connectivity index (χ3v) is 5.30. The summed E-state index contributed by atoms with van der Waals surface area (Å²) in [5.74, 6) is 1.68. The molecule has 0 saturated heterocycles. The lowest BCUT2D eigenvalue weighted by atomic mass is 10.2. The molecule has 0 fully saturated rings. The largest absolute Gasteiger partial charge is 0.411 e. The predicted octanol–water partition coefficient (Wildman–Crippen LogP) is 4.75. The van der Waals surface area contributed by atoms with Gasteiger partial charge in [0.05, 0.1) is 5.75 Å². The van der Waals surface area contributed by atoms with Gasteiger partial charge in [-0.25, -0.2) is 0 Å². The van der Waals surface area contributed by atoms with Crippen LogP contribution >= 0.6 is 27.7 Å². The number of thioether (sulfide) groups is 1. The van der Waals surface area contributed by atoms with Crippen LogP contribution in [0.3, 0.4) is 0 Å². The molecule has 1 N–H and O–H groups in total. The number of anilines is 1. The van der Waals surface area contributed by atoms with Crippen LogP contribution < -0.4 is 5.32 Å². The van der Waals surface area contributed by atoms with Gasteiger partial charge in [-0.2, -0.15) is 4.98 Å². The fourth-order valence-corrected chi connectivity index (χ4v) is 3.39. The monoisotopic (exact) mass is 485 g/mol. The molecule has 2 heterocycles. The summed E-state index contributed by atoms with van der Waals surface area (Å²) in [6, 6.07) is 16.9. The van der Waals surface area contributed by atoms with Crippen molar-refractivity contribution in [1.82, 2.24) is 20.3 Å². The van der Waals surface area contributed by atoms with E-state index in [4.69, 9.17) is 8.94 Å². The molecule has 0 atom stereocenters. The van der Waals surface area contributed by atoms with Crippen molar-refractivity contribution in [3.8, 4) is 11.5 Å². The van der Waals surface area contributed by atoms with Gasteiger partial charge in [0.2, 0.25) is 17.7 Å². The zero-order valence-electron chi connectivity index (χ0n) is 15.6. The van der Waals surface area contributed by atoms with Gasteiger partial charge in [-0.3, -0.25) is 4.79 Å². The number of benzene rings is 2. The second-order valence-electron chi connectivity index (χ2n) is 6.19. The highest BCUT2D eigenvalue weighted by atomic mass is 79.9. The average molecular weight is 486 g/mol. The first-order valence-electron chi connectivity index (χ1n) is 9.04. The van der Waals surface area contributed by atoms with Crippen molar-refractivity contribution in [3.05, 3.63) is 70.8 Å². The number of rotatable bonds is 8. The van der Waals surface area contributed by atoms with Crippen LogP contribution in [0.1, 0.15) is 18.1 Å². The molecule has 8 nitrogen and oxygen atoms in total. The molecule has 30 heavy (non-hydrogen) atoms. The van der Waals surface area contributed by atoms with Gasteiger partial charge in [0, 0.05) is 28.6 Å². The number of nitrogens with one attached hydrogen (secondary N) is 1. The fourth-order valence-electron chi connectivity index (χ4n) is 2.52. The zero-order valence-corrected chi connectivity index (χ0v) is 18.0. The highest BCUT2D eigenvalue weighted by molar-refractivity contribution is 9.10. The quantitative estimate of drug-likeness (QED) is 0.356. The summed E-state index contributed by atoms with van der Waals surface area (Å²) in [4.78, 5) is 16.4. The first kappa shape index (κ1) is 20.3. The van der Waals surface area contributed by atoms with Gasteiger partial charge in [-0.15, -0.1) is 10.2 Å². The molecular weight excluding hydrogens is 470 g/mol. The van der Waals surface area contributed by atoms with E-state index < -0.39 is 0 Å². The van der Waals surface area contributed by atoms with Crippen molar-refractivity contribution in [2.75, 3.05) is 5.32 Å². The van der Waals surface area contributed by atoms with Gasteiger partial charge >= 0.3 is 0 Å². The second kappa shape index (κ2) is 9.68. The lowest BCUT2D eigenvalue weighted by Crippen LogP contribution is -2.12. The molecule has 1 amide bonds. The number of nitrogens with zero attached hydrogens (tertiary/aromatic N) is 4. The molecule has 0 aliphatic heterocycles. The molecule has 10 heteroatoms. The van der Waals surface area contributed by atoms with E-state index in [-0.39, 0.29) is 12.3 Å². The van der Waals surface area contributed by atoms with Crippen molar-refractivity contribution in [2.24, 2.45) is 0 Å². The Morgan fingerprint density at radius 2 is 1.87 bits per heavy atom. The fraction of sp³-hybridized carbons (Fsp3) is 0.150. The van der Waals surface area contributed by atoms with Crippen LogP contribution in [0.4, 0.5) is 5.69 Å². The van der Waals surface area contributed by atoms with Gasteiger partial charge in [0.25, 0.3) is 5.22 Å². The molecule has 2 aromatic carbocycles. The minimum Gasteiger partial charge on any atom is -0.411 e. The van der Waals surface area contributed by atoms with Crippen LogP contribution in [0.5, 0.6) is 0 Å². The van der Waals surface area contributed by atoms with E-state index in [1.165, 1.54) is 11.8 Å². The third-order valence-electron chi connectivity index (χ3n) is 3.96. The van der Waals surface area contributed by atoms with E-state index in [0.29, 0.717) is 35.0 Å². The Hall–Kier alpha value is -2.98. The molecule has 0 spiro atoms. The maximum absolute atomic E-state index is 12.1. The molecular formula is C20H16BrN5O3S. The smallest absolute Gasteiger partial charge is 0.277 e. The van der Waals surface area contributed by atoms with Crippen LogP contribution in [-0.4, -0.2) is 26.2 Å². The van der Waals surface area contributed by atoms with Crippen molar-refractivity contribution in [2.45, 2.75) is 23.8 Å². The second-order valence-corrected chi connectivity index (χ2v) is 8.03. The van der Waals surface area contributed by atoms with Gasteiger partial charge < -0.3 is 14.3 Å². The number of carbonyl (C=O) groups excluding carboxylic acids is 1. The van der Waals surface area contributed by atoms with Gasteiger partial charge in [0.1, 0.15) is 0 Å². The Kier molecular flexibility index (Phi) is 6.55. The summed E-state index contributed by atoms with van der Waals surface area (Å²) in [6.07, 6.45) is 0.605. The topological polar surface area (TPSA) is 107 Å². The van der Waals surface area contributed by atoms with E-state index in [1.807, 2.05) is 54.6 Å².